The Hall–Kier alpha value is -2.02. The van der Waals surface area contributed by atoms with Crippen LogP contribution in [-0.2, 0) is 0 Å². The molecule has 3 aromatic rings. The summed E-state index contributed by atoms with van der Waals surface area (Å²) in [5, 5.41) is 8.12. The minimum atomic E-state index is 0.283. The van der Waals surface area contributed by atoms with Crippen LogP contribution in [0.3, 0.4) is 0 Å². The van der Waals surface area contributed by atoms with Crippen LogP contribution < -0.4 is 4.90 Å². The van der Waals surface area contributed by atoms with Crippen molar-refractivity contribution in [3.05, 3.63) is 28.6 Å². The first kappa shape index (κ1) is 12.7. The van der Waals surface area contributed by atoms with Gasteiger partial charge in [-0.3, -0.25) is 0 Å². The van der Waals surface area contributed by atoms with E-state index in [0.29, 0.717) is 5.71 Å². The van der Waals surface area contributed by atoms with Gasteiger partial charge in [-0.15, -0.1) is 11.3 Å². The molecule has 0 bridgehead atoms. The number of aromatic nitrogens is 4. The summed E-state index contributed by atoms with van der Waals surface area (Å²) in [5.74, 6) is 0.915. The summed E-state index contributed by atoms with van der Waals surface area (Å²) in [7, 11) is 0. The van der Waals surface area contributed by atoms with Gasteiger partial charge in [-0.05, 0) is 26.2 Å². The third-order valence-corrected chi connectivity index (χ3v) is 4.81. The molecule has 1 aliphatic rings. The first-order valence-corrected chi connectivity index (χ1v) is 7.95. The molecule has 0 spiro atoms. The zero-order valence-electron chi connectivity index (χ0n) is 11.7. The van der Waals surface area contributed by atoms with Crippen LogP contribution in [-0.4, -0.2) is 26.7 Å². The number of hydrogen-bond donors (Lipinski definition) is 0. The summed E-state index contributed by atoms with van der Waals surface area (Å²) < 4.78 is 5.27. The van der Waals surface area contributed by atoms with E-state index in [1.807, 2.05) is 18.5 Å². The van der Waals surface area contributed by atoms with Gasteiger partial charge in [-0.1, -0.05) is 5.16 Å². The monoisotopic (exact) mass is 301 g/mol. The molecule has 1 unspecified atom stereocenters. The fraction of sp³-hybridized carbons (Fsp3) is 0.429. The van der Waals surface area contributed by atoms with Crippen molar-refractivity contribution < 1.29 is 4.52 Å². The van der Waals surface area contributed by atoms with Crippen LogP contribution >= 0.6 is 11.3 Å². The standard InChI is InChI=1S/C14H15N5OS/c1-9-11-12(16-8-17-13(11)20-18-9)19-6-3-2-4-10(19)14-15-5-7-21-14/h5,7-8,10H,2-4,6H2,1H3. The molecule has 0 radical (unpaired) electrons. The van der Waals surface area contributed by atoms with Crippen molar-refractivity contribution >= 4 is 28.3 Å². The predicted octanol–water partition coefficient (Wildman–Crippen LogP) is 3.11. The number of thiazole rings is 1. The topological polar surface area (TPSA) is 67.9 Å². The molecule has 21 heavy (non-hydrogen) atoms. The molecule has 1 atom stereocenters. The van der Waals surface area contributed by atoms with Gasteiger partial charge in [0.25, 0.3) is 5.71 Å². The van der Waals surface area contributed by atoms with Gasteiger partial charge < -0.3 is 9.42 Å². The highest BCUT2D eigenvalue weighted by Gasteiger charge is 2.29. The van der Waals surface area contributed by atoms with Gasteiger partial charge >= 0.3 is 0 Å². The van der Waals surface area contributed by atoms with E-state index in [1.54, 1.807) is 17.7 Å². The molecule has 0 amide bonds. The highest BCUT2D eigenvalue weighted by molar-refractivity contribution is 7.09. The van der Waals surface area contributed by atoms with Crippen molar-refractivity contribution in [3.63, 3.8) is 0 Å². The fourth-order valence-electron chi connectivity index (χ4n) is 2.96. The minimum Gasteiger partial charge on any atom is -0.346 e. The number of aryl methyl sites for hydroxylation is 1. The van der Waals surface area contributed by atoms with E-state index >= 15 is 0 Å². The largest absolute Gasteiger partial charge is 0.346 e. The van der Waals surface area contributed by atoms with Gasteiger partial charge in [0.2, 0.25) is 0 Å². The predicted molar refractivity (Wildman–Crippen MR) is 80.4 cm³/mol. The van der Waals surface area contributed by atoms with E-state index in [9.17, 15) is 0 Å². The third-order valence-electron chi connectivity index (χ3n) is 3.93. The van der Waals surface area contributed by atoms with E-state index in [-0.39, 0.29) is 6.04 Å². The first-order chi connectivity index (χ1) is 10.3. The minimum absolute atomic E-state index is 0.283. The third kappa shape index (κ3) is 2.08. The molecule has 6 nitrogen and oxygen atoms in total. The summed E-state index contributed by atoms with van der Waals surface area (Å²) >= 11 is 1.70. The molecule has 7 heteroatoms. The number of piperidine rings is 1. The number of rotatable bonds is 2. The molecule has 4 rings (SSSR count). The lowest BCUT2D eigenvalue weighted by Crippen LogP contribution is -2.34. The van der Waals surface area contributed by atoms with Crippen LogP contribution in [0, 0.1) is 6.92 Å². The van der Waals surface area contributed by atoms with E-state index < -0.39 is 0 Å². The molecule has 0 saturated carbocycles. The Morgan fingerprint density at radius 3 is 3.10 bits per heavy atom. The first-order valence-electron chi connectivity index (χ1n) is 7.07. The van der Waals surface area contributed by atoms with Crippen molar-refractivity contribution in [2.24, 2.45) is 0 Å². The Balaban J connectivity index is 1.83. The maximum Gasteiger partial charge on any atom is 0.263 e. The lowest BCUT2D eigenvalue weighted by atomic mass is 10.0. The fourth-order valence-corrected chi connectivity index (χ4v) is 3.75. The van der Waals surface area contributed by atoms with Gasteiger partial charge in [0.15, 0.2) is 0 Å². The van der Waals surface area contributed by atoms with Gasteiger partial charge in [0.1, 0.15) is 22.5 Å². The molecule has 0 N–H and O–H groups in total. The molecule has 4 heterocycles. The van der Waals surface area contributed by atoms with Crippen LogP contribution in [0.25, 0.3) is 11.1 Å². The zero-order valence-corrected chi connectivity index (χ0v) is 12.5. The number of anilines is 1. The van der Waals surface area contributed by atoms with E-state index in [0.717, 1.165) is 41.3 Å². The summed E-state index contributed by atoms with van der Waals surface area (Å²) in [6.45, 7) is 2.90. The van der Waals surface area contributed by atoms with Crippen LogP contribution in [0.5, 0.6) is 0 Å². The number of hydrogen-bond acceptors (Lipinski definition) is 7. The highest BCUT2D eigenvalue weighted by Crippen LogP contribution is 2.38. The summed E-state index contributed by atoms with van der Waals surface area (Å²) in [6, 6.07) is 0.283. The molecule has 108 valence electrons. The Kier molecular flexibility index (Phi) is 3.07. The average Bonchev–Trinajstić information content (AvgIpc) is 3.18. The summed E-state index contributed by atoms with van der Waals surface area (Å²) in [5.41, 5.74) is 1.39. The van der Waals surface area contributed by atoms with Crippen molar-refractivity contribution in [1.82, 2.24) is 20.1 Å². The summed E-state index contributed by atoms with van der Waals surface area (Å²) in [6.07, 6.45) is 6.90. The normalized spacial score (nSPS) is 19.3. The van der Waals surface area contributed by atoms with Crippen LogP contribution in [0.1, 0.15) is 36.0 Å². The second kappa shape index (κ2) is 5.07. The van der Waals surface area contributed by atoms with Crippen molar-refractivity contribution in [1.29, 1.82) is 0 Å². The van der Waals surface area contributed by atoms with Crippen molar-refractivity contribution in [2.75, 3.05) is 11.4 Å². The lowest BCUT2D eigenvalue weighted by Gasteiger charge is -2.35. The van der Waals surface area contributed by atoms with Gasteiger partial charge in [0, 0.05) is 18.1 Å². The molecule has 1 aliphatic heterocycles. The lowest BCUT2D eigenvalue weighted by molar-refractivity contribution is 0.442. The van der Waals surface area contributed by atoms with E-state index in [2.05, 4.69) is 25.0 Å². The molecule has 0 aliphatic carbocycles. The zero-order chi connectivity index (χ0) is 14.2. The number of fused-ring (bicyclic) bond motifs is 1. The van der Waals surface area contributed by atoms with Crippen LogP contribution in [0.15, 0.2) is 22.4 Å². The average molecular weight is 301 g/mol. The summed E-state index contributed by atoms with van der Waals surface area (Å²) in [4.78, 5) is 15.5. The van der Waals surface area contributed by atoms with Gasteiger partial charge in [0.05, 0.1) is 11.7 Å². The van der Waals surface area contributed by atoms with Gasteiger partial charge in [-0.25, -0.2) is 9.97 Å². The molecular weight excluding hydrogens is 286 g/mol. The Morgan fingerprint density at radius 1 is 1.29 bits per heavy atom. The maximum atomic E-state index is 5.27. The van der Waals surface area contributed by atoms with Crippen molar-refractivity contribution in [3.8, 4) is 0 Å². The Labute approximate surface area is 125 Å². The SMILES string of the molecule is Cc1noc2ncnc(N3CCCCC3c3nccs3)c12. The van der Waals surface area contributed by atoms with Crippen LogP contribution in [0.2, 0.25) is 0 Å². The highest BCUT2D eigenvalue weighted by atomic mass is 32.1. The molecule has 1 fully saturated rings. The Morgan fingerprint density at radius 2 is 2.24 bits per heavy atom. The van der Waals surface area contributed by atoms with Gasteiger partial charge in [-0.2, -0.15) is 4.98 Å². The van der Waals surface area contributed by atoms with Crippen molar-refractivity contribution in [2.45, 2.75) is 32.2 Å². The quantitative estimate of drug-likeness (QED) is 0.724. The second-order valence-electron chi connectivity index (χ2n) is 5.22. The van der Waals surface area contributed by atoms with E-state index in [1.165, 1.54) is 6.42 Å². The molecule has 1 saturated heterocycles. The Bertz CT molecular complexity index is 754. The second-order valence-corrected chi connectivity index (χ2v) is 6.15. The molecule has 3 aromatic heterocycles. The smallest absolute Gasteiger partial charge is 0.263 e. The van der Waals surface area contributed by atoms with E-state index in [4.69, 9.17) is 4.52 Å². The molecular formula is C14H15N5OS. The molecule has 0 aromatic carbocycles. The number of nitrogens with zero attached hydrogens (tertiary/aromatic N) is 5. The maximum absolute atomic E-state index is 5.27. The van der Waals surface area contributed by atoms with Crippen LogP contribution in [0.4, 0.5) is 5.82 Å².